The van der Waals surface area contributed by atoms with Crippen LogP contribution in [0.5, 0.6) is 5.75 Å². The van der Waals surface area contributed by atoms with Crippen molar-refractivity contribution in [2.75, 3.05) is 7.11 Å². The van der Waals surface area contributed by atoms with Gasteiger partial charge in [0, 0.05) is 30.3 Å². The van der Waals surface area contributed by atoms with Crippen molar-refractivity contribution in [3.8, 4) is 17.0 Å². The fourth-order valence-electron chi connectivity index (χ4n) is 2.77. The Labute approximate surface area is 154 Å². The van der Waals surface area contributed by atoms with Gasteiger partial charge in [-0.3, -0.25) is 19.7 Å². The fraction of sp³-hybridized carbons (Fsp3) is 0.100. The zero-order valence-electron chi connectivity index (χ0n) is 14.7. The molecule has 1 heterocycles. The summed E-state index contributed by atoms with van der Waals surface area (Å²) < 4.78 is 6.38. The first-order chi connectivity index (χ1) is 12.9. The van der Waals surface area contributed by atoms with Crippen molar-refractivity contribution < 1.29 is 14.5 Å². The molecular weight excluding hydrogens is 348 g/mol. The summed E-state index contributed by atoms with van der Waals surface area (Å²) in [5.74, 6) is 0.212. The summed E-state index contributed by atoms with van der Waals surface area (Å²) in [4.78, 5) is 35.8. The number of benzene rings is 2. The highest BCUT2D eigenvalue weighted by molar-refractivity contribution is 6.08. The zero-order chi connectivity index (χ0) is 19.6. The van der Waals surface area contributed by atoms with E-state index in [0.29, 0.717) is 22.6 Å². The molecule has 0 radical (unpaired) electrons. The molecule has 0 saturated heterocycles. The number of aromatic nitrogens is 1. The molecule has 0 bridgehead atoms. The number of ketones is 1. The first-order valence-electron chi connectivity index (χ1n) is 8.06. The molecule has 0 N–H and O–H groups in total. The summed E-state index contributed by atoms with van der Waals surface area (Å²) in [5, 5.41) is 11.0. The van der Waals surface area contributed by atoms with E-state index < -0.39 is 16.3 Å². The number of nitrogens with zero attached hydrogens (tertiary/aromatic N) is 2. The highest BCUT2D eigenvalue weighted by Crippen LogP contribution is 2.23. The van der Waals surface area contributed by atoms with Crippen LogP contribution in [0.4, 0.5) is 5.69 Å². The summed E-state index contributed by atoms with van der Waals surface area (Å²) in [7, 11) is 3.06. The lowest BCUT2D eigenvalue weighted by atomic mass is 10.0. The van der Waals surface area contributed by atoms with Gasteiger partial charge < -0.3 is 9.30 Å². The summed E-state index contributed by atoms with van der Waals surface area (Å²) in [5.41, 5.74) is 0.855. The molecule has 27 heavy (non-hydrogen) atoms. The summed E-state index contributed by atoms with van der Waals surface area (Å²) >= 11 is 0. The third-order valence-electron chi connectivity index (χ3n) is 4.25. The number of carbonyl (C=O) groups excluding carboxylic acids is 1. The monoisotopic (exact) mass is 364 g/mol. The second-order valence-electron chi connectivity index (χ2n) is 5.86. The maximum atomic E-state index is 12.7. The van der Waals surface area contributed by atoms with Crippen LogP contribution < -0.4 is 10.3 Å². The Morgan fingerprint density at radius 2 is 1.78 bits per heavy atom. The molecule has 7 heteroatoms. The first kappa shape index (κ1) is 18.1. The van der Waals surface area contributed by atoms with Crippen molar-refractivity contribution in [2.45, 2.75) is 0 Å². The molecule has 0 spiro atoms. The van der Waals surface area contributed by atoms with Crippen LogP contribution in [0, 0.1) is 10.1 Å². The average molecular weight is 364 g/mol. The van der Waals surface area contributed by atoms with Gasteiger partial charge in [-0.2, -0.15) is 0 Å². The summed E-state index contributed by atoms with van der Waals surface area (Å²) in [6.45, 7) is 0. The van der Waals surface area contributed by atoms with Crippen LogP contribution in [0.2, 0.25) is 0 Å². The van der Waals surface area contributed by atoms with Crippen LogP contribution in [-0.2, 0) is 7.05 Å². The molecule has 0 fully saturated rings. The molecule has 1 aromatic heterocycles. The van der Waals surface area contributed by atoms with E-state index in [9.17, 15) is 19.7 Å². The lowest BCUT2D eigenvalue weighted by molar-refractivity contribution is -0.384. The Kier molecular flexibility index (Phi) is 4.85. The molecule has 0 saturated carbocycles. The Balaban J connectivity index is 2.02. The predicted molar refractivity (Wildman–Crippen MR) is 100 cm³/mol. The Hall–Kier alpha value is -3.74. The van der Waals surface area contributed by atoms with Crippen LogP contribution in [0.3, 0.4) is 0 Å². The lowest BCUT2D eigenvalue weighted by Crippen LogP contribution is -2.25. The van der Waals surface area contributed by atoms with Gasteiger partial charge in [-0.25, -0.2) is 0 Å². The molecule has 0 amide bonds. The molecule has 7 nitrogen and oxygen atoms in total. The van der Waals surface area contributed by atoms with Crippen molar-refractivity contribution in [1.82, 2.24) is 4.57 Å². The van der Waals surface area contributed by atoms with Gasteiger partial charge in [-0.15, -0.1) is 0 Å². The first-order valence-corrected chi connectivity index (χ1v) is 8.06. The number of nitro groups is 1. The second-order valence-corrected chi connectivity index (χ2v) is 5.86. The Morgan fingerprint density at radius 3 is 2.41 bits per heavy atom. The molecule has 2 aromatic carbocycles. The third-order valence-corrected chi connectivity index (χ3v) is 4.25. The molecule has 0 aliphatic carbocycles. The van der Waals surface area contributed by atoms with E-state index in [0.717, 1.165) is 0 Å². The van der Waals surface area contributed by atoms with Crippen LogP contribution in [0.1, 0.15) is 15.9 Å². The predicted octanol–water partition coefficient (Wildman–Crippen LogP) is 3.20. The number of carbonyl (C=O) groups is 1. The van der Waals surface area contributed by atoms with Gasteiger partial charge in [-0.1, -0.05) is 12.1 Å². The third kappa shape index (κ3) is 3.48. The molecule has 0 unspecified atom stereocenters. The Bertz CT molecular complexity index is 1080. The summed E-state index contributed by atoms with van der Waals surface area (Å²) in [6, 6.07) is 15.5. The van der Waals surface area contributed by atoms with Gasteiger partial charge >= 0.3 is 0 Å². The van der Waals surface area contributed by atoms with E-state index in [4.69, 9.17) is 4.74 Å². The highest BCUT2D eigenvalue weighted by Gasteiger charge is 2.17. The van der Waals surface area contributed by atoms with E-state index in [1.165, 1.54) is 36.9 Å². The lowest BCUT2D eigenvalue weighted by Gasteiger charge is -2.10. The molecule has 3 rings (SSSR count). The number of rotatable bonds is 5. The van der Waals surface area contributed by atoms with E-state index in [1.54, 1.807) is 42.5 Å². The number of non-ortho nitro benzene ring substituents is 1. The Morgan fingerprint density at radius 1 is 1.07 bits per heavy atom. The minimum atomic E-state index is -0.497. The standard InChI is InChI=1S/C20H16N2O5/c1-21-18(14-4-3-5-15(12-14)22(25)26)11-10-17(20(21)24)19(23)13-6-8-16(27-2)9-7-13/h3-12H,1-2H3. The topological polar surface area (TPSA) is 91.4 Å². The number of methoxy groups -OCH3 is 1. The van der Waals surface area contributed by atoms with Gasteiger partial charge in [0.25, 0.3) is 11.2 Å². The number of nitro benzene ring substituents is 1. The zero-order valence-corrected chi connectivity index (χ0v) is 14.7. The van der Waals surface area contributed by atoms with Crippen molar-refractivity contribution in [3.05, 3.63) is 92.3 Å². The quantitative estimate of drug-likeness (QED) is 0.394. The molecule has 0 atom stereocenters. The average Bonchev–Trinajstić information content (AvgIpc) is 2.69. The number of ether oxygens (including phenoxy) is 1. The minimum absolute atomic E-state index is 0.0249. The highest BCUT2D eigenvalue weighted by atomic mass is 16.6. The fourth-order valence-corrected chi connectivity index (χ4v) is 2.77. The second kappa shape index (κ2) is 7.25. The van der Waals surface area contributed by atoms with E-state index in [2.05, 4.69) is 0 Å². The van der Waals surface area contributed by atoms with Gasteiger partial charge in [0.15, 0.2) is 5.78 Å². The van der Waals surface area contributed by atoms with E-state index in [1.807, 2.05) is 0 Å². The van der Waals surface area contributed by atoms with Crippen molar-refractivity contribution in [1.29, 1.82) is 0 Å². The molecular formula is C20H16N2O5. The van der Waals surface area contributed by atoms with Crippen molar-refractivity contribution in [2.24, 2.45) is 7.05 Å². The number of pyridine rings is 1. The smallest absolute Gasteiger partial charge is 0.270 e. The van der Waals surface area contributed by atoms with Crippen LogP contribution >= 0.6 is 0 Å². The van der Waals surface area contributed by atoms with Crippen LogP contribution in [-0.4, -0.2) is 22.4 Å². The van der Waals surface area contributed by atoms with Crippen LogP contribution in [0.25, 0.3) is 11.3 Å². The normalized spacial score (nSPS) is 10.4. The maximum absolute atomic E-state index is 12.7. The van der Waals surface area contributed by atoms with Gasteiger partial charge in [-0.05, 0) is 36.4 Å². The minimum Gasteiger partial charge on any atom is -0.497 e. The molecule has 0 aliphatic heterocycles. The molecule has 136 valence electrons. The van der Waals surface area contributed by atoms with E-state index >= 15 is 0 Å². The largest absolute Gasteiger partial charge is 0.497 e. The number of hydrogen-bond donors (Lipinski definition) is 0. The number of hydrogen-bond acceptors (Lipinski definition) is 5. The molecule has 0 aliphatic rings. The van der Waals surface area contributed by atoms with Gasteiger partial charge in [0.05, 0.1) is 23.3 Å². The molecule has 3 aromatic rings. The van der Waals surface area contributed by atoms with Gasteiger partial charge in [0.2, 0.25) is 0 Å². The summed E-state index contributed by atoms with van der Waals surface area (Å²) in [6.07, 6.45) is 0. The van der Waals surface area contributed by atoms with E-state index in [-0.39, 0.29) is 11.3 Å². The SMILES string of the molecule is COc1ccc(C(=O)c2ccc(-c3cccc([N+](=O)[O-])c3)n(C)c2=O)cc1. The van der Waals surface area contributed by atoms with Crippen molar-refractivity contribution >= 4 is 11.5 Å². The maximum Gasteiger partial charge on any atom is 0.270 e. The van der Waals surface area contributed by atoms with Crippen LogP contribution in [0.15, 0.2) is 65.5 Å². The van der Waals surface area contributed by atoms with Crippen molar-refractivity contribution in [3.63, 3.8) is 0 Å². The van der Waals surface area contributed by atoms with Gasteiger partial charge in [0.1, 0.15) is 5.75 Å².